The fraction of sp³-hybridized carbons (Fsp3) is 0.241. The second-order valence-corrected chi connectivity index (χ2v) is 9.82. The maximum atomic E-state index is 13.7. The predicted molar refractivity (Wildman–Crippen MR) is 134 cm³/mol. The van der Waals surface area contributed by atoms with E-state index >= 15 is 0 Å². The molecule has 0 aliphatic carbocycles. The average molecular weight is 454 g/mol. The first-order chi connectivity index (χ1) is 16.2. The molecule has 4 aromatic rings. The van der Waals surface area contributed by atoms with Crippen molar-refractivity contribution in [2.24, 2.45) is 0 Å². The van der Waals surface area contributed by atoms with Gasteiger partial charge in [-0.3, -0.25) is 14.5 Å². The van der Waals surface area contributed by atoms with Gasteiger partial charge in [0.05, 0.1) is 24.1 Å². The molecule has 0 spiro atoms. The number of benzene rings is 3. The van der Waals surface area contributed by atoms with Crippen molar-refractivity contribution in [1.29, 1.82) is 0 Å². The number of hydrogen-bond donors (Lipinski definition) is 0. The molecule has 1 aliphatic rings. The van der Waals surface area contributed by atoms with Gasteiger partial charge in [-0.15, -0.1) is 0 Å². The molecule has 1 atom stereocenters. The normalized spacial score (nSPS) is 15.6. The Morgan fingerprint density at radius 1 is 0.912 bits per heavy atom. The number of carbonyl (C=O) groups is 1. The number of ether oxygens (including phenoxy) is 1. The Balaban J connectivity index is 1.75. The van der Waals surface area contributed by atoms with Crippen molar-refractivity contribution in [3.63, 3.8) is 0 Å². The molecule has 0 N–H and O–H groups in total. The fourth-order valence-electron chi connectivity index (χ4n) is 4.58. The standard InChI is InChI=1S/C29H27NO4/c1-17-6-15-23-22(16-17)26(31)24-25(18-7-9-19(10-8-18)29(2,3)4)30(28(32)27(24)34-23)20-11-13-21(33-5)14-12-20/h6-16,25H,1-5H3. The summed E-state index contributed by atoms with van der Waals surface area (Å²) < 4.78 is 11.4. The van der Waals surface area contributed by atoms with Crippen molar-refractivity contribution in [3.05, 3.63) is 105 Å². The van der Waals surface area contributed by atoms with Gasteiger partial charge in [-0.2, -0.15) is 0 Å². The molecule has 1 unspecified atom stereocenters. The van der Waals surface area contributed by atoms with Crippen molar-refractivity contribution in [3.8, 4) is 5.75 Å². The minimum absolute atomic E-state index is 0.00956. The molecule has 5 heteroatoms. The molecule has 0 fully saturated rings. The van der Waals surface area contributed by atoms with Crippen molar-refractivity contribution in [1.82, 2.24) is 0 Å². The van der Waals surface area contributed by atoms with Crippen LogP contribution >= 0.6 is 0 Å². The van der Waals surface area contributed by atoms with E-state index in [1.807, 2.05) is 43.3 Å². The number of rotatable bonds is 3. The summed E-state index contributed by atoms with van der Waals surface area (Å²) in [4.78, 5) is 29.1. The van der Waals surface area contributed by atoms with Gasteiger partial charge in [0.2, 0.25) is 5.76 Å². The van der Waals surface area contributed by atoms with Gasteiger partial charge in [-0.05, 0) is 59.9 Å². The molecule has 1 amide bonds. The first-order valence-corrected chi connectivity index (χ1v) is 11.3. The van der Waals surface area contributed by atoms with E-state index in [0.717, 1.165) is 11.1 Å². The summed E-state index contributed by atoms with van der Waals surface area (Å²) in [6.45, 7) is 8.40. The van der Waals surface area contributed by atoms with E-state index in [9.17, 15) is 9.59 Å². The summed E-state index contributed by atoms with van der Waals surface area (Å²) in [5, 5.41) is 0.486. The van der Waals surface area contributed by atoms with Gasteiger partial charge in [0.25, 0.3) is 5.91 Å². The van der Waals surface area contributed by atoms with E-state index in [0.29, 0.717) is 28.0 Å². The molecule has 0 saturated carbocycles. The number of fused-ring (bicyclic) bond motifs is 2. The quantitative estimate of drug-likeness (QED) is 0.373. The van der Waals surface area contributed by atoms with Crippen LogP contribution in [0.1, 0.15) is 59.6 Å². The van der Waals surface area contributed by atoms with Crippen molar-refractivity contribution >= 4 is 22.6 Å². The summed E-state index contributed by atoms with van der Waals surface area (Å²) in [7, 11) is 1.60. The molecule has 0 radical (unpaired) electrons. The average Bonchev–Trinajstić information content (AvgIpc) is 3.11. The molecule has 2 heterocycles. The van der Waals surface area contributed by atoms with Crippen LogP contribution in [0.4, 0.5) is 5.69 Å². The third-order valence-corrected chi connectivity index (χ3v) is 6.47. The summed E-state index contributed by atoms with van der Waals surface area (Å²) in [6, 6.07) is 20.3. The molecule has 0 bridgehead atoms. The van der Waals surface area contributed by atoms with Gasteiger partial charge < -0.3 is 9.15 Å². The van der Waals surface area contributed by atoms with Crippen molar-refractivity contribution in [2.75, 3.05) is 12.0 Å². The van der Waals surface area contributed by atoms with Crippen LogP contribution in [0.2, 0.25) is 0 Å². The highest BCUT2D eigenvalue weighted by molar-refractivity contribution is 6.10. The lowest BCUT2D eigenvalue weighted by Gasteiger charge is -2.26. The second-order valence-electron chi connectivity index (χ2n) is 9.82. The summed E-state index contributed by atoms with van der Waals surface area (Å²) >= 11 is 0. The zero-order valence-corrected chi connectivity index (χ0v) is 20.0. The van der Waals surface area contributed by atoms with Crippen LogP contribution in [0.3, 0.4) is 0 Å². The van der Waals surface area contributed by atoms with Gasteiger partial charge in [0, 0.05) is 5.69 Å². The van der Waals surface area contributed by atoms with Crippen LogP contribution in [0, 0.1) is 6.92 Å². The van der Waals surface area contributed by atoms with Gasteiger partial charge in [-0.1, -0.05) is 56.7 Å². The maximum absolute atomic E-state index is 13.7. The molecule has 0 saturated heterocycles. The smallest absolute Gasteiger partial charge is 0.295 e. The van der Waals surface area contributed by atoms with Crippen LogP contribution in [0.25, 0.3) is 11.0 Å². The topological polar surface area (TPSA) is 59.8 Å². The van der Waals surface area contributed by atoms with Gasteiger partial charge in [0.1, 0.15) is 11.3 Å². The molecule has 34 heavy (non-hydrogen) atoms. The third kappa shape index (κ3) is 3.48. The highest BCUT2D eigenvalue weighted by Gasteiger charge is 2.43. The first kappa shape index (κ1) is 22.0. The minimum atomic E-state index is -0.592. The maximum Gasteiger partial charge on any atom is 0.295 e. The number of carbonyl (C=O) groups excluding carboxylic acids is 1. The number of anilines is 1. The van der Waals surface area contributed by atoms with Crippen molar-refractivity contribution < 1.29 is 13.9 Å². The second kappa shape index (κ2) is 7.87. The van der Waals surface area contributed by atoms with Crippen LogP contribution in [0.15, 0.2) is 75.9 Å². The lowest BCUT2D eigenvalue weighted by Crippen LogP contribution is -2.29. The van der Waals surface area contributed by atoms with Crippen LogP contribution in [-0.2, 0) is 5.41 Å². The Hall–Kier alpha value is -3.86. The molecule has 1 aromatic heterocycles. The zero-order valence-electron chi connectivity index (χ0n) is 20.0. The van der Waals surface area contributed by atoms with E-state index in [-0.39, 0.29) is 22.5 Å². The Labute approximate surface area is 198 Å². The Kier molecular flexibility index (Phi) is 5.08. The predicted octanol–water partition coefficient (Wildman–Crippen LogP) is 6.16. The molecular formula is C29H27NO4. The lowest BCUT2D eigenvalue weighted by molar-refractivity contribution is 0.0971. The molecule has 1 aliphatic heterocycles. The highest BCUT2D eigenvalue weighted by Crippen LogP contribution is 2.42. The molecule has 5 rings (SSSR count). The monoisotopic (exact) mass is 453 g/mol. The largest absolute Gasteiger partial charge is 0.497 e. The zero-order chi connectivity index (χ0) is 24.2. The first-order valence-electron chi connectivity index (χ1n) is 11.3. The van der Waals surface area contributed by atoms with Gasteiger partial charge in [0.15, 0.2) is 5.43 Å². The fourth-order valence-corrected chi connectivity index (χ4v) is 4.58. The van der Waals surface area contributed by atoms with Crippen molar-refractivity contribution in [2.45, 2.75) is 39.2 Å². The van der Waals surface area contributed by atoms with E-state index in [2.05, 4.69) is 32.9 Å². The molecule has 172 valence electrons. The number of nitrogens with zero attached hydrogens (tertiary/aromatic N) is 1. The third-order valence-electron chi connectivity index (χ3n) is 6.47. The van der Waals surface area contributed by atoms with E-state index in [1.165, 1.54) is 5.56 Å². The van der Waals surface area contributed by atoms with Crippen LogP contribution < -0.4 is 15.1 Å². The number of methoxy groups -OCH3 is 1. The highest BCUT2D eigenvalue weighted by atomic mass is 16.5. The number of aryl methyl sites for hydroxylation is 1. The van der Waals surface area contributed by atoms with E-state index in [4.69, 9.17) is 9.15 Å². The van der Waals surface area contributed by atoms with E-state index < -0.39 is 6.04 Å². The Bertz CT molecular complexity index is 1460. The molecule has 3 aromatic carbocycles. The molecule has 5 nitrogen and oxygen atoms in total. The Morgan fingerprint density at radius 2 is 1.59 bits per heavy atom. The SMILES string of the molecule is COc1ccc(N2C(=O)c3oc4ccc(C)cc4c(=O)c3C2c2ccc(C(C)(C)C)cc2)cc1. The number of amides is 1. The lowest BCUT2D eigenvalue weighted by atomic mass is 9.86. The van der Waals surface area contributed by atoms with Crippen LogP contribution in [0.5, 0.6) is 5.75 Å². The van der Waals surface area contributed by atoms with Gasteiger partial charge in [-0.25, -0.2) is 0 Å². The summed E-state index contributed by atoms with van der Waals surface area (Å²) in [5.74, 6) is 0.459. The molecular weight excluding hydrogens is 426 g/mol. The minimum Gasteiger partial charge on any atom is -0.497 e. The Morgan fingerprint density at radius 3 is 2.21 bits per heavy atom. The summed E-state index contributed by atoms with van der Waals surface area (Å²) in [5.41, 5.74) is 4.28. The summed E-state index contributed by atoms with van der Waals surface area (Å²) in [6.07, 6.45) is 0. The van der Waals surface area contributed by atoms with Crippen LogP contribution in [-0.4, -0.2) is 13.0 Å². The van der Waals surface area contributed by atoms with E-state index in [1.54, 1.807) is 30.2 Å². The number of hydrogen-bond acceptors (Lipinski definition) is 4. The van der Waals surface area contributed by atoms with Gasteiger partial charge >= 0.3 is 0 Å².